The Bertz CT molecular complexity index is 333. The molecule has 14 heavy (non-hydrogen) atoms. The first-order valence-electron chi connectivity index (χ1n) is 4.99. The van der Waals surface area contributed by atoms with Crippen molar-refractivity contribution >= 4 is 5.57 Å². The lowest BCUT2D eigenvalue weighted by atomic mass is 9.97. The van der Waals surface area contributed by atoms with Crippen molar-refractivity contribution in [3.05, 3.63) is 41.0 Å². The summed E-state index contributed by atoms with van der Waals surface area (Å²) in [7, 11) is 0. The topological polar surface area (TPSA) is 20.2 Å². The number of aliphatic hydroxyl groups excluding tert-OH is 1. The zero-order valence-electron chi connectivity index (χ0n) is 9.17. The Labute approximate surface area is 86.1 Å². The molecule has 1 rings (SSSR count). The van der Waals surface area contributed by atoms with Crippen LogP contribution >= 0.6 is 0 Å². The van der Waals surface area contributed by atoms with E-state index < -0.39 is 0 Å². The first-order chi connectivity index (χ1) is 6.65. The molecular formula is C13H18O. The molecule has 0 saturated heterocycles. The minimum Gasteiger partial charge on any atom is -0.396 e. The summed E-state index contributed by atoms with van der Waals surface area (Å²) in [4.78, 5) is 0. The van der Waals surface area contributed by atoms with Crippen molar-refractivity contribution in [1.29, 1.82) is 0 Å². The molecule has 0 aromatic heterocycles. The van der Waals surface area contributed by atoms with E-state index in [9.17, 15) is 0 Å². The third-order valence-corrected chi connectivity index (χ3v) is 2.33. The van der Waals surface area contributed by atoms with Gasteiger partial charge in [0.05, 0.1) is 0 Å². The van der Waals surface area contributed by atoms with Crippen LogP contribution in [0.5, 0.6) is 0 Å². The van der Waals surface area contributed by atoms with Crippen LogP contribution in [0.25, 0.3) is 5.57 Å². The molecule has 1 aromatic carbocycles. The third kappa shape index (κ3) is 2.71. The number of hydrogen-bond acceptors (Lipinski definition) is 1. The Hall–Kier alpha value is -1.08. The maximum atomic E-state index is 8.98. The average molecular weight is 190 g/mol. The fraction of sp³-hybridized carbons (Fsp3) is 0.385. The molecule has 0 aliphatic rings. The normalized spacial score (nSPS) is 10.0. The molecule has 76 valence electrons. The zero-order chi connectivity index (χ0) is 10.6. The van der Waals surface area contributed by atoms with Crippen molar-refractivity contribution in [2.45, 2.75) is 27.2 Å². The summed E-state index contributed by atoms with van der Waals surface area (Å²) in [5.41, 5.74) is 5.04. The molecule has 0 saturated carbocycles. The molecule has 0 amide bonds. The van der Waals surface area contributed by atoms with E-state index in [4.69, 9.17) is 5.11 Å². The monoisotopic (exact) mass is 190 g/mol. The van der Waals surface area contributed by atoms with Crippen LogP contribution in [-0.2, 0) is 0 Å². The summed E-state index contributed by atoms with van der Waals surface area (Å²) in [6, 6.07) is 8.42. The molecule has 0 spiro atoms. The largest absolute Gasteiger partial charge is 0.396 e. The van der Waals surface area contributed by atoms with Crippen molar-refractivity contribution in [3.63, 3.8) is 0 Å². The lowest BCUT2D eigenvalue weighted by Crippen LogP contribution is -1.92. The molecule has 1 aromatic rings. The highest BCUT2D eigenvalue weighted by atomic mass is 16.2. The van der Waals surface area contributed by atoms with Crippen molar-refractivity contribution < 1.29 is 5.11 Å². The summed E-state index contributed by atoms with van der Waals surface area (Å²) in [5, 5.41) is 8.98. The van der Waals surface area contributed by atoms with Gasteiger partial charge in [-0.05, 0) is 38.3 Å². The molecule has 1 N–H and O–H groups in total. The van der Waals surface area contributed by atoms with Gasteiger partial charge in [-0.25, -0.2) is 0 Å². The van der Waals surface area contributed by atoms with Crippen molar-refractivity contribution in [2.24, 2.45) is 0 Å². The van der Waals surface area contributed by atoms with Gasteiger partial charge in [0, 0.05) is 6.61 Å². The SMILES string of the molecule is CC(C)=C(CCO)c1cccc(C)c1. The standard InChI is InChI=1S/C13H18O/c1-10(2)13(7-8-14)12-6-4-5-11(3)9-12/h4-6,9,14H,7-8H2,1-3H3. The van der Waals surface area contributed by atoms with Crippen LogP contribution in [0.4, 0.5) is 0 Å². The molecule has 0 unspecified atom stereocenters. The van der Waals surface area contributed by atoms with Crippen LogP contribution in [0.2, 0.25) is 0 Å². The average Bonchev–Trinajstić information content (AvgIpc) is 2.13. The van der Waals surface area contributed by atoms with Gasteiger partial charge in [-0.2, -0.15) is 0 Å². The summed E-state index contributed by atoms with van der Waals surface area (Å²) < 4.78 is 0. The smallest absolute Gasteiger partial charge is 0.0471 e. The molecule has 0 radical (unpaired) electrons. The van der Waals surface area contributed by atoms with Gasteiger partial charge in [0.25, 0.3) is 0 Å². The van der Waals surface area contributed by atoms with E-state index in [2.05, 4.69) is 45.0 Å². The fourth-order valence-corrected chi connectivity index (χ4v) is 1.63. The second-order valence-electron chi connectivity index (χ2n) is 3.82. The maximum absolute atomic E-state index is 8.98. The third-order valence-electron chi connectivity index (χ3n) is 2.33. The number of benzene rings is 1. The summed E-state index contributed by atoms with van der Waals surface area (Å²) in [6.07, 6.45) is 0.742. The van der Waals surface area contributed by atoms with E-state index in [-0.39, 0.29) is 6.61 Å². The van der Waals surface area contributed by atoms with Gasteiger partial charge >= 0.3 is 0 Å². The molecule has 0 bridgehead atoms. The Morgan fingerprint density at radius 1 is 1.29 bits per heavy atom. The number of hydrogen-bond donors (Lipinski definition) is 1. The van der Waals surface area contributed by atoms with Crippen LogP contribution in [-0.4, -0.2) is 11.7 Å². The number of rotatable bonds is 3. The van der Waals surface area contributed by atoms with Crippen LogP contribution in [0, 0.1) is 6.92 Å². The van der Waals surface area contributed by atoms with E-state index in [1.54, 1.807) is 0 Å². The Kier molecular flexibility index (Phi) is 3.90. The van der Waals surface area contributed by atoms with Gasteiger partial charge < -0.3 is 5.11 Å². The second kappa shape index (κ2) is 4.97. The molecular weight excluding hydrogens is 172 g/mol. The van der Waals surface area contributed by atoms with Gasteiger partial charge in [0.2, 0.25) is 0 Å². The number of aryl methyl sites for hydroxylation is 1. The van der Waals surface area contributed by atoms with Crippen LogP contribution in [0.3, 0.4) is 0 Å². The summed E-state index contributed by atoms with van der Waals surface area (Å²) in [6.45, 7) is 6.49. The van der Waals surface area contributed by atoms with Crippen LogP contribution < -0.4 is 0 Å². The molecule has 0 aliphatic heterocycles. The molecule has 0 heterocycles. The Morgan fingerprint density at radius 3 is 2.50 bits per heavy atom. The van der Waals surface area contributed by atoms with Gasteiger partial charge in [0.1, 0.15) is 0 Å². The van der Waals surface area contributed by atoms with Gasteiger partial charge in [-0.1, -0.05) is 35.4 Å². The van der Waals surface area contributed by atoms with E-state index >= 15 is 0 Å². The lowest BCUT2D eigenvalue weighted by Gasteiger charge is -2.09. The Morgan fingerprint density at radius 2 is 2.00 bits per heavy atom. The maximum Gasteiger partial charge on any atom is 0.0471 e. The quantitative estimate of drug-likeness (QED) is 0.776. The number of aliphatic hydroxyl groups is 1. The van der Waals surface area contributed by atoms with E-state index in [1.807, 2.05) is 0 Å². The van der Waals surface area contributed by atoms with Crippen molar-refractivity contribution in [2.75, 3.05) is 6.61 Å². The minimum atomic E-state index is 0.217. The first kappa shape index (κ1) is 11.0. The highest BCUT2D eigenvalue weighted by molar-refractivity contribution is 5.68. The van der Waals surface area contributed by atoms with Crippen LogP contribution in [0.1, 0.15) is 31.4 Å². The molecule has 0 atom stereocenters. The zero-order valence-corrected chi connectivity index (χ0v) is 9.17. The molecule has 1 nitrogen and oxygen atoms in total. The fourth-order valence-electron chi connectivity index (χ4n) is 1.63. The second-order valence-corrected chi connectivity index (χ2v) is 3.82. The van der Waals surface area contributed by atoms with Crippen LogP contribution in [0.15, 0.2) is 29.8 Å². The summed E-state index contributed by atoms with van der Waals surface area (Å²) in [5.74, 6) is 0. The number of allylic oxidation sites excluding steroid dienone is 1. The Balaban J connectivity index is 3.06. The van der Waals surface area contributed by atoms with Gasteiger partial charge in [0.15, 0.2) is 0 Å². The van der Waals surface area contributed by atoms with E-state index in [1.165, 1.54) is 22.3 Å². The van der Waals surface area contributed by atoms with Crippen molar-refractivity contribution in [3.8, 4) is 0 Å². The molecule has 0 fully saturated rings. The predicted molar refractivity (Wildman–Crippen MR) is 61.1 cm³/mol. The van der Waals surface area contributed by atoms with Gasteiger partial charge in [-0.15, -0.1) is 0 Å². The highest BCUT2D eigenvalue weighted by Crippen LogP contribution is 2.22. The van der Waals surface area contributed by atoms with Gasteiger partial charge in [-0.3, -0.25) is 0 Å². The molecule has 0 aliphatic carbocycles. The predicted octanol–water partition coefficient (Wildman–Crippen LogP) is 3.17. The first-order valence-corrected chi connectivity index (χ1v) is 4.99. The van der Waals surface area contributed by atoms with Crippen molar-refractivity contribution in [1.82, 2.24) is 0 Å². The summed E-state index contributed by atoms with van der Waals surface area (Å²) >= 11 is 0. The lowest BCUT2D eigenvalue weighted by molar-refractivity contribution is 0.304. The minimum absolute atomic E-state index is 0.217. The van der Waals surface area contributed by atoms with E-state index in [0.29, 0.717) is 0 Å². The molecule has 1 heteroatoms. The van der Waals surface area contributed by atoms with E-state index in [0.717, 1.165) is 6.42 Å². The highest BCUT2D eigenvalue weighted by Gasteiger charge is 2.02.